The number of amides is 2. The highest BCUT2D eigenvalue weighted by atomic mass is 127. The quantitative estimate of drug-likeness (QED) is 0.255. The van der Waals surface area contributed by atoms with Gasteiger partial charge in [0.15, 0.2) is 5.96 Å². The van der Waals surface area contributed by atoms with Crippen LogP contribution in [0, 0.1) is 5.92 Å². The molecule has 0 spiro atoms. The summed E-state index contributed by atoms with van der Waals surface area (Å²) in [7, 11) is 0. The Morgan fingerprint density at radius 3 is 2.56 bits per heavy atom. The van der Waals surface area contributed by atoms with Gasteiger partial charge < -0.3 is 25.6 Å². The van der Waals surface area contributed by atoms with Gasteiger partial charge in [-0.25, -0.2) is 9.79 Å². The van der Waals surface area contributed by atoms with Crippen molar-refractivity contribution in [1.29, 1.82) is 0 Å². The highest BCUT2D eigenvalue weighted by Gasteiger charge is 2.24. The number of benzene rings is 1. The van der Waals surface area contributed by atoms with Crippen LogP contribution in [-0.4, -0.2) is 55.1 Å². The second-order valence-electron chi connectivity index (χ2n) is 7.80. The Bertz CT molecular complexity index is 751. The third-order valence-electron chi connectivity index (χ3n) is 5.38. The van der Waals surface area contributed by atoms with Crippen LogP contribution in [0.15, 0.2) is 29.3 Å². The van der Waals surface area contributed by atoms with Gasteiger partial charge in [-0.05, 0) is 50.8 Å². The highest BCUT2D eigenvalue weighted by molar-refractivity contribution is 14.0. The number of carbonyl (C=O) groups is 2. The minimum absolute atomic E-state index is 0. The molecule has 3 N–H and O–H groups in total. The van der Waals surface area contributed by atoms with E-state index in [-0.39, 0.29) is 47.9 Å². The van der Waals surface area contributed by atoms with Crippen molar-refractivity contribution in [2.75, 3.05) is 31.6 Å². The molecule has 0 bridgehead atoms. The molecule has 1 aliphatic rings. The van der Waals surface area contributed by atoms with Crippen LogP contribution in [0.2, 0.25) is 0 Å². The Hall–Kier alpha value is -2.04. The fourth-order valence-electron chi connectivity index (χ4n) is 3.30. The van der Waals surface area contributed by atoms with Crippen LogP contribution in [0.25, 0.3) is 0 Å². The van der Waals surface area contributed by atoms with Crippen LogP contribution >= 0.6 is 24.0 Å². The average molecular weight is 559 g/mol. The van der Waals surface area contributed by atoms with Crippen molar-refractivity contribution in [2.45, 2.75) is 59.5 Å². The number of guanidine groups is 1. The number of aliphatic imine (C=N–C) groups is 1. The second kappa shape index (κ2) is 14.9. The van der Waals surface area contributed by atoms with E-state index in [0.717, 1.165) is 43.0 Å². The first-order chi connectivity index (χ1) is 15.0. The van der Waals surface area contributed by atoms with E-state index in [2.05, 4.69) is 16.0 Å². The second-order valence-corrected chi connectivity index (χ2v) is 7.80. The van der Waals surface area contributed by atoms with Crippen molar-refractivity contribution in [2.24, 2.45) is 10.9 Å². The van der Waals surface area contributed by atoms with Crippen LogP contribution in [0.1, 0.15) is 52.5 Å². The molecule has 2 rings (SSSR count). The van der Waals surface area contributed by atoms with Gasteiger partial charge in [0.25, 0.3) is 0 Å². The maximum Gasteiger partial charge on any atom is 0.409 e. The zero-order chi connectivity index (χ0) is 22.6. The summed E-state index contributed by atoms with van der Waals surface area (Å²) in [4.78, 5) is 30.5. The molecule has 0 aliphatic carbocycles. The van der Waals surface area contributed by atoms with Gasteiger partial charge in [-0.15, -0.1) is 24.0 Å². The molecule has 180 valence electrons. The maximum atomic E-state index is 12.1. The maximum absolute atomic E-state index is 12.1. The van der Waals surface area contributed by atoms with E-state index in [0.29, 0.717) is 26.2 Å². The summed E-state index contributed by atoms with van der Waals surface area (Å²) in [5.74, 6) is 0.778. The van der Waals surface area contributed by atoms with Crippen molar-refractivity contribution in [3.63, 3.8) is 0 Å². The molecular weight excluding hydrogens is 521 g/mol. The van der Waals surface area contributed by atoms with Gasteiger partial charge in [-0.1, -0.05) is 26.0 Å². The van der Waals surface area contributed by atoms with E-state index in [9.17, 15) is 9.59 Å². The van der Waals surface area contributed by atoms with E-state index >= 15 is 0 Å². The van der Waals surface area contributed by atoms with E-state index in [1.54, 1.807) is 4.90 Å². The first kappa shape index (κ1) is 28.0. The molecule has 0 radical (unpaired) electrons. The summed E-state index contributed by atoms with van der Waals surface area (Å²) >= 11 is 0. The van der Waals surface area contributed by atoms with Crippen molar-refractivity contribution < 1.29 is 14.3 Å². The van der Waals surface area contributed by atoms with Gasteiger partial charge in [0.1, 0.15) is 0 Å². The predicted octanol–water partition coefficient (Wildman–Crippen LogP) is 3.97. The first-order valence-electron chi connectivity index (χ1n) is 11.3. The Kier molecular flexibility index (Phi) is 13.0. The minimum Gasteiger partial charge on any atom is -0.450 e. The van der Waals surface area contributed by atoms with Gasteiger partial charge in [0.2, 0.25) is 5.91 Å². The Morgan fingerprint density at radius 2 is 1.94 bits per heavy atom. The molecule has 1 aromatic rings. The normalized spacial score (nSPS) is 15.4. The summed E-state index contributed by atoms with van der Waals surface area (Å²) in [6.07, 6.45) is 2.27. The molecule has 1 saturated heterocycles. The number of carbonyl (C=O) groups excluding carboxylic acids is 2. The molecule has 0 saturated carbocycles. The molecule has 1 fully saturated rings. The van der Waals surface area contributed by atoms with Crippen molar-refractivity contribution in [1.82, 2.24) is 15.5 Å². The number of rotatable bonds is 8. The number of nitrogens with zero attached hydrogens (tertiary/aromatic N) is 2. The monoisotopic (exact) mass is 559 g/mol. The molecule has 2 amide bonds. The molecule has 1 aliphatic heterocycles. The van der Waals surface area contributed by atoms with E-state index < -0.39 is 0 Å². The lowest BCUT2D eigenvalue weighted by molar-refractivity contribution is -0.119. The van der Waals surface area contributed by atoms with Crippen LogP contribution in [-0.2, 0) is 16.1 Å². The fourth-order valence-corrected chi connectivity index (χ4v) is 3.30. The number of piperidine rings is 1. The standard InChI is InChI=1S/C23H37N5O3.HI/c1-5-17(4)21(29)26-20-10-8-9-18(15-20)16-25-22(24-6-2)27-19-11-13-28(14-12-19)23(30)31-7-3;/h8-10,15,17,19H,5-7,11-14,16H2,1-4H3,(H,26,29)(H2,24,25,27);1H. The zero-order valence-corrected chi connectivity index (χ0v) is 22.0. The molecule has 1 atom stereocenters. The first-order valence-corrected chi connectivity index (χ1v) is 11.3. The number of hydrogen-bond donors (Lipinski definition) is 3. The van der Waals surface area contributed by atoms with Crippen LogP contribution in [0.4, 0.5) is 10.5 Å². The van der Waals surface area contributed by atoms with Crippen molar-refractivity contribution in [3.05, 3.63) is 29.8 Å². The number of ether oxygens (including phenoxy) is 1. The SMILES string of the molecule is CCNC(=NCc1cccc(NC(=O)C(C)CC)c1)NC1CCN(C(=O)OCC)CC1.I. The Labute approximate surface area is 209 Å². The van der Waals surface area contributed by atoms with Crippen LogP contribution in [0.5, 0.6) is 0 Å². The van der Waals surface area contributed by atoms with Gasteiger partial charge in [-0.3, -0.25) is 4.79 Å². The average Bonchev–Trinajstić information content (AvgIpc) is 2.78. The number of hydrogen-bond acceptors (Lipinski definition) is 4. The van der Waals surface area contributed by atoms with Crippen molar-refractivity contribution >= 4 is 47.6 Å². The number of halogens is 1. The third-order valence-corrected chi connectivity index (χ3v) is 5.38. The van der Waals surface area contributed by atoms with Gasteiger partial charge in [-0.2, -0.15) is 0 Å². The largest absolute Gasteiger partial charge is 0.450 e. The summed E-state index contributed by atoms with van der Waals surface area (Å²) < 4.78 is 5.08. The lowest BCUT2D eigenvalue weighted by Crippen LogP contribution is -2.49. The van der Waals surface area contributed by atoms with Gasteiger partial charge in [0.05, 0.1) is 13.2 Å². The fraction of sp³-hybridized carbons (Fsp3) is 0.609. The Morgan fingerprint density at radius 1 is 1.22 bits per heavy atom. The zero-order valence-electron chi connectivity index (χ0n) is 19.6. The number of likely N-dealkylation sites (tertiary alicyclic amines) is 1. The predicted molar refractivity (Wildman–Crippen MR) is 140 cm³/mol. The smallest absolute Gasteiger partial charge is 0.409 e. The summed E-state index contributed by atoms with van der Waals surface area (Å²) in [6.45, 7) is 10.8. The lowest BCUT2D eigenvalue weighted by atomic mass is 10.1. The molecule has 1 unspecified atom stereocenters. The lowest BCUT2D eigenvalue weighted by Gasteiger charge is -2.32. The number of anilines is 1. The molecule has 1 heterocycles. The Balaban J connectivity index is 0.00000512. The molecule has 1 aromatic carbocycles. The topological polar surface area (TPSA) is 95.1 Å². The summed E-state index contributed by atoms with van der Waals surface area (Å²) in [5.41, 5.74) is 1.82. The molecular formula is C23H38IN5O3. The van der Waals surface area contributed by atoms with E-state index in [1.165, 1.54) is 0 Å². The minimum atomic E-state index is -0.234. The van der Waals surface area contributed by atoms with Crippen LogP contribution in [0.3, 0.4) is 0 Å². The van der Waals surface area contributed by atoms with E-state index in [1.807, 2.05) is 52.0 Å². The number of nitrogens with one attached hydrogen (secondary N) is 3. The van der Waals surface area contributed by atoms with Crippen molar-refractivity contribution in [3.8, 4) is 0 Å². The molecule has 32 heavy (non-hydrogen) atoms. The highest BCUT2D eigenvalue weighted by Crippen LogP contribution is 2.14. The molecule has 9 heteroatoms. The molecule has 8 nitrogen and oxygen atoms in total. The molecule has 0 aromatic heterocycles. The van der Waals surface area contributed by atoms with Crippen LogP contribution < -0.4 is 16.0 Å². The van der Waals surface area contributed by atoms with E-state index in [4.69, 9.17) is 9.73 Å². The van der Waals surface area contributed by atoms with Gasteiger partial charge in [0, 0.05) is 37.3 Å². The van der Waals surface area contributed by atoms with Gasteiger partial charge >= 0.3 is 6.09 Å². The third kappa shape index (κ3) is 9.22. The summed E-state index contributed by atoms with van der Waals surface area (Å²) in [6, 6.07) is 8.05. The summed E-state index contributed by atoms with van der Waals surface area (Å²) in [5, 5.41) is 9.74.